The van der Waals surface area contributed by atoms with Crippen LogP contribution in [-0.4, -0.2) is 36.1 Å². The molecule has 1 atom stereocenters. The maximum Gasteiger partial charge on any atom is 0.416 e. The zero-order chi connectivity index (χ0) is 23.1. The largest absolute Gasteiger partial charge is 0.443 e. The van der Waals surface area contributed by atoms with E-state index in [9.17, 15) is 26.4 Å². The van der Waals surface area contributed by atoms with Crippen LogP contribution in [0.15, 0.2) is 52.2 Å². The highest BCUT2D eigenvalue weighted by molar-refractivity contribution is 7.89. The SMILES string of the molecule is O=C(CCc1cc(C(F)(F)F)ccc1Cl)[C@@H]1CCCN1S(=O)(=O)c1cc2cnccc2o1. The molecule has 11 heteroatoms. The van der Waals surface area contributed by atoms with Crippen LogP contribution in [0.25, 0.3) is 11.0 Å². The molecular weight excluding hydrogens is 469 g/mol. The second-order valence-corrected chi connectivity index (χ2v) is 9.75. The number of Topliss-reactive ketones (excluding diaryl/α,β-unsaturated/α-hetero) is 1. The zero-order valence-corrected chi connectivity index (χ0v) is 18.2. The Kier molecular flexibility index (Phi) is 6.04. The van der Waals surface area contributed by atoms with Crippen molar-refractivity contribution in [2.45, 2.75) is 43.0 Å². The van der Waals surface area contributed by atoms with E-state index in [2.05, 4.69) is 4.98 Å². The van der Waals surface area contributed by atoms with E-state index in [1.54, 1.807) is 6.07 Å². The summed E-state index contributed by atoms with van der Waals surface area (Å²) < 4.78 is 71.7. The average Bonchev–Trinajstić information content (AvgIpc) is 3.40. The first-order chi connectivity index (χ1) is 15.1. The number of furan rings is 1. The molecule has 3 aromatic rings. The number of carbonyl (C=O) groups excluding carboxylic acids is 1. The topological polar surface area (TPSA) is 80.5 Å². The summed E-state index contributed by atoms with van der Waals surface area (Å²) in [4.78, 5) is 16.8. The summed E-state index contributed by atoms with van der Waals surface area (Å²) in [7, 11) is -4.07. The fourth-order valence-corrected chi connectivity index (χ4v) is 5.66. The van der Waals surface area contributed by atoms with Gasteiger partial charge in [0.1, 0.15) is 5.58 Å². The van der Waals surface area contributed by atoms with Crippen molar-refractivity contribution in [3.63, 3.8) is 0 Å². The number of aromatic nitrogens is 1. The molecule has 1 aliphatic rings. The van der Waals surface area contributed by atoms with Gasteiger partial charge in [0.05, 0.1) is 11.6 Å². The average molecular weight is 487 g/mol. The maximum atomic E-state index is 13.1. The number of benzene rings is 1. The Labute approximate surface area is 187 Å². The van der Waals surface area contributed by atoms with Crippen molar-refractivity contribution < 1.29 is 30.8 Å². The summed E-state index contributed by atoms with van der Waals surface area (Å²) in [5.41, 5.74) is -0.305. The molecule has 0 N–H and O–H groups in total. The van der Waals surface area contributed by atoms with Crippen LogP contribution in [0.5, 0.6) is 0 Å². The quantitative estimate of drug-likeness (QED) is 0.497. The first-order valence-electron chi connectivity index (χ1n) is 9.81. The van der Waals surface area contributed by atoms with Crippen LogP contribution in [0.1, 0.15) is 30.4 Å². The standard InChI is InChI=1S/C21H18ClF3N2O4S/c22-16-5-4-15(21(23,24)25)10-13(16)3-6-18(28)17-2-1-9-27(17)32(29,30)20-11-14-12-26-8-7-19(14)31-20/h4-5,7-8,10-12,17H,1-3,6,9H2/t17-/m0/s1. The third-order valence-electron chi connectivity index (χ3n) is 5.45. The van der Waals surface area contributed by atoms with Crippen molar-refractivity contribution in [1.82, 2.24) is 9.29 Å². The number of rotatable bonds is 6. The zero-order valence-electron chi connectivity index (χ0n) is 16.6. The fraction of sp³-hybridized carbons (Fsp3) is 0.333. The van der Waals surface area contributed by atoms with Crippen LogP contribution in [-0.2, 0) is 27.4 Å². The van der Waals surface area contributed by atoms with E-state index in [1.165, 1.54) is 18.5 Å². The van der Waals surface area contributed by atoms with Gasteiger partial charge < -0.3 is 4.42 Å². The van der Waals surface area contributed by atoms with E-state index in [4.69, 9.17) is 16.0 Å². The Morgan fingerprint density at radius 1 is 1.25 bits per heavy atom. The van der Waals surface area contributed by atoms with Crippen molar-refractivity contribution in [2.75, 3.05) is 6.54 Å². The Hall–Kier alpha value is -2.43. The van der Waals surface area contributed by atoms with Gasteiger partial charge in [-0.05, 0) is 49.1 Å². The predicted octanol–water partition coefficient (Wildman–Crippen LogP) is 4.86. The molecule has 1 aliphatic heterocycles. The first-order valence-corrected chi connectivity index (χ1v) is 11.6. The Morgan fingerprint density at radius 2 is 2.03 bits per heavy atom. The van der Waals surface area contributed by atoms with Crippen LogP contribution < -0.4 is 0 Å². The van der Waals surface area contributed by atoms with Crippen molar-refractivity contribution in [2.24, 2.45) is 0 Å². The van der Waals surface area contributed by atoms with Gasteiger partial charge in [-0.25, -0.2) is 8.42 Å². The molecule has 0 aliphatic carbocycles. The molecule has 1 fully saturated rings. The van der Waals surface area contributed by atoms with Crippen molar-refractivity contribution in [1.29, 1.82) is 0 Å². The highest BCUT2D eigenvalue weighted by Crippen LogP contribution is 2.33. The minimum Gasteiger partial charge on any atom is -0.443 e. The van der Waals surface area contributed by atoms with Crippen molar-refractivity contribution in [3.05, 3.63) is 58.9 Å². The molecule has 170 valence electrons. The van der Waals surface area contributed by atoms with E-state index < -0.39 is 27.8 Å². The third kappa shape index (κ3) is 4.39. The molecule has 1 aromatic carbocycles. The molecule has 1 saturated heterocycles. The number of halogens is 4. The highest BCUT2D eigenvalue weighted by Gasteiger charge is 2.40. The molecule has 6 nitrogen and oxygen atoms in total. The number of ketones is 1. The summed E-state index contributed by atoms with van der Waals surface area (Å²) in [5, 5.41) is 0.367. The van der Waals surface area contributed by atoms with Gasteiger partial charge in [-0.15, -0.1) is 0 Å². The summed E-state index contributed by atoms with van der Waals surface area (Å²) in [6.45, 7) is 0.151. The number of sulfonamides is 1. The number of pyridine rings is 1. The number of alkyl halides is 3. The molecule has 4 rings (SSSR count). The van der Waals surface area contributed by atoms with E-state index >= 15 is 0 Å². The van der Waals surface area contributed by atoms with Gasteiger partial charge in [-0.2, -0.15) is 17.5 Å². The van der Waals surface area contributed by atoms with Gasteiger partial charge in [0.2, 0.25) is 5.09 Å². The smallest absolute Gasteiger partial charge is 0.416 e. The molecule has 0 amide bonds. The van der Waals surface area contributed by atoms with Crippen molar-refractivity contribution in [3.8, 4) is 0 Å². The number of aryl methyl sites for hydroxylation is 1. The van der Waals surface area contributed by atoms with Gasteiger partial charge in [-0.3, -0.25) is 9.78 Å². The lowest BCUT2D eigenvalue weighted by molar-refractivity contribution is -0.137. The van der Waals surface area contributed by atoms with Gasteiger partial charge in [-0.1, -0.05) is 11.6 Å². The maximum absolute atomic E-state index is 13.1. The van der Waals surface area contributed by atoms with Crippen molar-refractivity contribution >= 4 is 38.4 Å². The lowest BCUT2D eigenvalue weighted by Crippen LogP contribution is -2.40. The molecule has 0 saturated carbocycles. The minimum absolute atomic E-state index is 0.0255. The van der Waals surface area contributed by atoms with Crippen LogP contribution in [0.4, 0.5) is 13.2 Å². The second kappa shape index (κ2) is 8.49. The normalized spacial score (nSPS) is 17.8. The van der Waals surface area contributed by atoms with E-state index in [0.29, 0.717) is 23.8 Å². The Bertz CT molecular complexity index is 1240. The molecule has 0 spiro atoms. The van der Waals surface area contributed by atoms with Gasteiger partial charge in [0.25, 0.3) is 10.0 Å². The number of hydrogen-bond donors (Lipinski definition) is 0. The lowest BCUT2D eigenvalue weighted by Gasteiger charge is -2.22. The highest BCUT2D eigenvalue weighted by atomic mass is 35.5. The number of hydrogen-bond acceptors (Lipinski definition) is 5. The summed E-state index contributed by atoms with van der Waals surface area (Å²) in [5.74, 6) is -0.377. The number of carbonyl (C=O) groups is 1. The Balaban J connectivity index is 1.52. The van der Waals surface area contributed by atoms with Gasteiger partial charge >= 0.3 is 6.18 Å². The van der Waals surface area contributed by atoms with Crippen LogP contribution in [0, 0.1) is 0 Å². The molecule has 3 heterocycles. The fourth-order valence-electron chi connectivity index (χ4n) is 3.82. The van der Waals surface area contributed by atoms with Crippen LogP contribution in [0.3, 0.4) is 0 Å². The molecule has 32 heavy (non-hydrogen) atoms. The summed E-state index contributed by atoms with van der Waals surface area (Å²) in [6, 6.07) is 4.94. The molecular formula is C21H18ClF3N2O4S. The molecule has 2 aromatic heterocycles. The third-order valence-corrected chi connectivity index (χ3v) is 7.58. The predicted molar refractivity (Wildman–Crippen MR) is 111 cm³/mol. The number of nitrogens with zero attached hydrogens (tertiary/aromatic N) is 2. The second-order valence-electron chi connectivity index (χ2n) is 7.52. The van der Waals surface area contributed by atoms with E-state index in [0.717, 1.165) is 22.5 Å². The molecule has 0 unspecified atom stereocenters. The number of fused-ring (bicyclic) bond motifs is 1. The minimum atomic E-state index is -4.53. The summed E-state index contributed by atoms with van der Waals surface area (Å²) in [6.07, 6.45) is -0.920. The van der Waals surface area contributed by atoms with Gasteiger partial charge in [0, 0.05) is 41.8 Å². The Morgan fingerprint density at radius 3 is 2.75 bits per heavy atom. The monoisotopic (exact) mass is 486 g/mol. The van der Waals surface area contributed by atoms with Crippen LogP contribution in [0.2, 0.25) is 5.02 Å². The van der Waals surface area contributed by atoms with E-state index in [1.807, 2.05) is 0 Å². The molecule has 0 bridgehead atoms. The first kappa shape index (κ1) is 22.8. The molecule has 0 radical (unpaired) electrons. The van der Waals surface area contributed by atoms with Crippen LogP contribution >= 0.6 is 11.6 Å². The summed E-state index contributed by atoms with van der Waals surface area (Å²) >= 11 is 6.01. The van der Waals surface area contributed by atoms with E-state index in [-0.39, 0.29) is 40.8 Å². The van der Waals surface area contributed by atoms with Gasteiger partial charge in [0.15, 0.2) is 5.78 Å². The lowest BCUT2D eigenvalue weighted by atomic mass is 10.0.